The van der Waals surface area contributed by atoms with Crippen LogP contribution in [0.2, 0.25) is 0 Å². The highest BCUT2D eigenvalue weighted by atomic mass is 16.2. The van der Waals surface area contributed by atoms with Gasteiger partial charge >= 0.3 is 0 Å². The molecule has 1 atom stereocenters. The summed E-state index contributed by atoms with van der Waals surface area (Å²) < 4.78 is 0. The van der Waals surface area contributed by atoms with Crippen molar-refractivity contribution in [1.82, 2.24) is 10.2 Å². The Morgan fingerprint density at radius 1 is 1.43 bits per heavy atom. The fourth-order valence-corrected chi connectivity index (χ4v) is 2.87. The van der Waals surface area contributed by atoms with Crippen LogP contribution < -0.4 is 10.6 Å². The number of hydrogen-bond acceptors (Lipinski definition) is 3. The van der Waals surface area contributed by atoms with Crippen LogP contribution in [0.5, 0.6) is 0 Å². The lowest BCUT2D eigenvalue weighted by molar-refractivity contribution is -0.117. The Balaban J connectivity index is 1.92. The molecule has 1 aromatic rings. The van der Waals surface area contributed by atoms with E-state index >= 15 is 0 Å². The average Bonchev–Trinajstić information content (AvgIpc) is 2.48. The standard InChI is InChI=1S/C17H27N3O/c1-13(2)15-8-4-5-9-16(15)19-17(21)12-20(3)14-7-6-10-18-11-14/h4-5,8-9,13-14,18H,6-7,10-12H2,1-3H3,(H,19,21). The predicted octanol–water partition coefficient (Wildman–Crippen LogP) is 2.43. The number of carbonyl (C=O) groups is 1. The molecule has 1 aliphatic rings. The minimum Gasteiger partial charge on any atom is -0.325 e. The van der Waals surface area contributed by atoms with Crippen molar-refractivity contribution in [3.8, 4) is 0 Å². The summed E-state index contributed by atoms with van der Waals surface area (Å²) in [7, 11) is 2.03. The Kier molecular flexibility index (Phi) is 5.76. The van der Waals surface area contributed by atoms with Crippen molar-refractivity contribution in [1.29, 1.82) is 0 Å². The quantitative estimate of drug-likeness (QED) is 0.875. The zero-order valence-corrected chi connectivity index (χ0v) is 13.4. The topological polar surface area (TPSA) is 44.4 Å². The molecule has 0 bridgehead atoms. The van der Waals surface area contributed by atoms with Crippen molar-refractivity contribution in [3.05, 3.63) is 29.8 Å². The number of likely N-dealkylation sites (N-methyl/N-ethyl adjacent to an activating group) is 1. The van der Waals surface area contributed by atoms with Crippen LogP contribution >= 0.6 is 0 Å². The summed E-state index contributed by atoms with van der Waals surface area (Å²) in [6, 6.07) is 8.51. The van der Waals surface area contributed by atoms with E-state index in [2.05, 4.69) is 35.4 Å². The summed E-state index contributed by atoms with van der Waals surface area (Å²) in [4.78, 5) is 14.4. The summed E-state index contributed by atoms with van der Waals surface area (Å²) >= 11 is 0. The van der Waals surface area contributed by atoms with E-state index in [9.17, 15) is 4.79 Å². The van der Waals surface area contributed by atoms with Crippen molar-refractivity contribution >= 4 is 11.6 Å². The molecule has 0 spiro atoms. The number of amides is 1. The lowest BCUT2D eigenvalue weighted by atomic mass is 10.0. The Morgan fingerprint density at radius 2 is 2.19 bits per heavy atom. The number of rotatable bonds is 5. The van der Waals surface area contributed by atoms with Crippen molar-refractivity contribution < 1.29 is 4.79 Å². The first-order chi connectivity index (χ1) is 10.1. The molecule has 1 unspecified atom stereocenters. The molecule has 0 radical (unpaired) electrons. The van der Waals surface area contributed by atoms with Crippen molar-refractivity contribution in [2.45, 2.75) is 38.6 Å². The Hall–Kier alpha value is -1.39. The normalized spacial score (nSPS) is 19.0. The van der Waals surface area contributed by atoms with Gasteiger partial charge in [-0.25, -0.2) is 0 Å². The fourth-order valence-electron chi connectivity index (χ4n) is 2.87. The van der Waals surface area contributed by atoms with Gasteiger partial charge in [-0.15, -0.1) is 0 Å². The van der Waals surface area contributed by atoms with E-state index in [1.54, 1.807) is 0 Å². The molecule has 21 heavy (non-hydrogen) atoms. The lowest BCUT2D eigenvalue weighted by Crippen LogP contribution is -2.46. The molecule has 1 amide bonds. The highest BCUT2D eigenvalue weighted by Gasteiger charge is 2.20. The third-order valence-electron chi connectivity index (χ3n) is 4.14. The van der Waals surface area contributed by atoms with Gasteiger partial charge in [-0.2, -0.15) is 0 Å². The first kappa shape index (κ1) is 16.0. The van der Waals surface area contributed by atoms with Crippen molar-refractivity contribution in [2.24, 2.45) is 0 Å². The highest BCUT2D eigenvalue weighted by molar-refractivity contribution is 5.93. The van der Waals surface area contributed by atoms with Crippen LogP contribution in [-0.2, 0) is 4.79 Å². The van der Waals surface area contributed by atoms with Gasteiger partial charge in [0.1, 0.15) is 0 Å². The van der Waals surface area contributed by atoms with Gasteiger partial charge in [0.05, 0.1) is 6.54 Å². The molecule has 116 valence electrons. The Morgan fingerprint density at radius 3 is 2.86 bits per heavy atom. The number of piperidine rings is 1. The van der Waals surface area contributed by atoms with Gasteiger partial charge in [0.15, 0.2) is 0 Å². The number of nitrogens with zero attached hydrogens (tertiary/aromatic N) is 1. The molecule has 1 fully saturated rings. The number of hydrogen-bond donors (Lipinski definition) is 2. The lowest BCUT2D eigenvalue weighted by Gasteiger charge is -2.31. The molecule has 2 rings (SSSR count). The maximum atomic E-state index is 12.3. The first-order valence-corrected chi connectivity index (χ1v) is 7.87. The van der Waals surface area contributed by atoms with Gasteiger partial charge in [-0.1, -0.05) is 32.0 Å². The van der Waals surface area contributed by atoms with Gasteiger partial charge < -0.3 is 10.6 Å². The molecule has 0 saturated carbocycles. The van der Waals surface area contributed by atoms with Gasteiger partial charge in [0.2, 0.25) is 5.91 Å². The minimum absolute atomic E-state index is 0.0659. The fraction of sp³-hybridized carbons (Fsp3) is 0.588. The van der Waals surface area contributed by atoms with Gasteiger partial charge in [-0.3, -0.25) is 9.69 Å². The number of para-hydroxylation sites is 1. The molecule has 1 aromatic carbocycles. The van der Waals surface area contributed by atoms with Gasteiger partial charge in [0, 0.05) is 18.3 Å². The minimum atomic E-state index is 0.0659. The van der Waals surface area contributed by atoms with E-state index in [1.165, 1.54) is 18.4 Å². The average molecular weight is 289 g/mol. The van der Waals surface area contributed by atoms with E-state index in [4.69, 9.17) is 0 Å². The maximum Gasteiger partial charge on any atom is 0.238 e. The summed E-state index contributed by atoms with van der Waals surface area (Å²) in [5, 5.41) is 6.45. The molecule has 0 aromatic heterocycles. The highest BCUT2D eigenvalue weighted by Crippen LogP contribution is 2.23. The molecule has 1 saturated heterocycles. The zero-order valence-electron chi connectivity index (χ0n) is 13.4. The van der Waals surface area contributed by atoms with E-state index in [0.717, 1.165) is 18.8 Å². The van der Waals surface area contributed by atoms with Crippen LogP contribution in [0.15, 0.2) is 24.3 Å². The molecule has 2 N–H and O–H groups in total. The van der Waals surface area contributed by atoms with Crippen LogP contribution in [0.3, 0.4) is 0 Å². The summed E-state index contributed by atoms with van der Waals surface area (Å²) in [6.07, 6.45) is 2.35. The monoisotopic (exact) mass is 289 g/mol. The number of anilines is 1. The molecular weight excluding hydrogens is 262 g/mol. The predicted molar refractivity (Wildman–Crippen MR) is 87.7 cm³/mol. The van der Waals surface area contributed by atoms with E-state index in [1.807, 2.05) is 25.2 Å². The largest absolute Gasteiger partial charge is 0.325 e. The van der Waals surface area contributed by atoms with Gasteiger partial charge in [0.25, 0.3) is 0 Å². The summed E-state index contributed by atoms with van der Waals surface area (Å²) in [5.74, 6) is 0.470. The molecular formula is C17H27N3O. The summed E-state index contributed by atoms with van der Waals surface area (Å²) in [6.45, 7) is 6.80. The van der Waals surface area contributed by atoms with E-state index in [-0.39, 0.29) is 5.91 Å². The van der Waals surface area contributed by atoms with E-state index in [0.29, 0.717) is 18.5 Å². The second-order valence-electron chi connectivity index (χ2n) is 6.21. The number of benzene rings is 1. The van der Waals surface area contributed by atoms with Gasteiger partial charge in [-0.05, 0) is 44.0 Å². The molecule has 1 aliphatic heterocycles. The molecule has 1 heterocycles. The van der Waals surface area contributed by atoms with Crippen molar-refractivity contribution in [3.63, 3.8) is 0 Å². The van der Waals surface area contributed by atoms with Crippen LogP contribution in [0.4, 0.5) is 5.69 Å². The third kappa shape index (κ3) is 4.55. The first-order valence-electron chi connectivity index (χ1n) is 7.87. The smallest absolute Gasteiger partial charge is 0.238 e. The maximum absolute atomic E-state index is 12.3. The summed E-state index contributed by atoms with van der Waals surface area (Å²) in [5.41, 5.74) is 2.13. The molecule has 4 nitrogen and oxygen atoms in total. The number of nitrogens with one attached hydrogen (secondary N) is 2. The Labute approximate surface area is 127 Å². The molecule has 4 heteroatoms. The van der Waals surface area contributed by atoms with Crippen LogP contribution in [0.1, 0.15) is 38.2 Å². The van der Waals surface area contributed by atoms with Crippen molar-refractivity contribution in [2.75, 3.05) is 32.0 Å². The number of carbonyl (C=O) groups excluding carboxylic acids is 1. The second-order valence-corrected chi connectivity index (χ2v) is 6.21. The van der Waals surface area contributed by atoms with Crippen LogP contribution in [0, 0.1) is 0 Å². The van der Waals surface area contributed by atoms with Crippen LogP contribution in [0.25, 0.3) is 0 Å². The molecule has 0 aliphatic carbocycles. The van der Waals surface area contributed by atoms with E-state index < -0.39 is 0 Å². The SMILES string of the molecule is CC(C)c1ccccc1NC(=O)CN(C)C1CCCNC1. The second kappa shape index (κ2) is 7.57. The third-order valence-corrected chi connectivity index (χ3v) is 4.14. The Bertz CT molecular complexity index is 467. The van der Waals surface area contributed by atoms with Crippen LogP contribution in [-0.4, -0.2) is 43.5 Å². The zero-order chi connectivity index (χ0) is 15.2.